The topological polar surface area (TPSA) is 145 Å². The number of nitrogens with two attached hydrogens (primary N) is 3. The molecule has 78 valence electrons. The van der Waals surface area contributed by atoms with Gasteiger partial charge in [-0.1, -0.05) is 0 Å². The first-order chi connectivity index (χ1) is 6.40. The van der Waals surface area contributed by atoms with E-state index in [1.54, 1.807) is 0 Å². The lowest BCUT2D eigenvalue weighted by molar-refractivity contribution is -0.140. The van der Waals surface area contributed by atoms with E-state index in [1.165, 1.54) is 0 Å². The van der Waals surface area contributed by atoms with Crippen LogP contribution in [0.15, 0.2) is 4.99 Å². The predicted molar refractivity (Wildman–Crippen MR) is 48.3 cm³/mol. The molecule has 0 aromatic carbocycles. The summed E-state index contributed by atoms with van der Waals surface area (Å²) in [5.74, 6) is -2.51. The van der Waals surface area contributed by atoms with Crippen molar-refractivity contribution in [2.24, 2.45) is 28.1 Å². The van der Waals surface area contributed by atoms with Crippen LogP contribution in [0.3, 0.4) is 0 Å². The van der Waals surface area contributed by atoms with Crippen molar-refractivity contribution >= 4 is 17.7 Å². The van der Waals surface area contributed by atoms with E-state index in [4.69, 9.17) is 22.3 Å². The van der Waals surface area contributed by atoms with Crippen LogP contribution in [-0.2, 0) is 9.59 Å². The SMILES string of the molecule is NC(N)=NCCC1C(=O)[C@@]1(N)C(=O)O. The van der Waals surface area contributed by atoms with Gasteiger partial charge in [0, 0.05) is 6.54 Å². The van der Waals surface area contributed by atoms with Crippen molar-refractivity contribution in [3.8, 4) is 0 Å². The van der Waals surface area contributed by atoms with Crippen molar-refractivity contribution in [2.45, 2.75) is 12.0 Å². The lowest BCUT2D eigenvalue weighted by Crippen LogP contribution is -2.37. The van der Waals surface area contributed by atoms with E-state index >= 15 is 0 Å². The largest absolute Gasteiger partial charge is 0.480 e. The average molecular weight is 200 g/mol. The predicted octanol–water partition coefficient (Wildman–Crippen LogP) is -2.37. The number of aliphatic imine (C=N–C) groups is 1. The minimum Gasteiger partial charge on any atom is -0.480 e. The maximum atomic E-state index is 11.0. The maximum Gasteiger partial charge on any atom is 0.332 e. The number of Topliss-reactive ketones (excluding diaryl/α,β-unsaturated/α-hetero) is 1. The monoisotopic (exact) mass is 200 g/mol. The van der Waals surface area contributed by atoms with Gasteiger partial charge in [0.2, 0.25) is 0 Å². The van der Waals surface area contributed by atoms with E-state index in [1.807, 2.05) is 0 Å². The van der Waals surface area contributed by atoms with Gasteiger partial charge < -0.3 is 22.3 Å². The fraction of sp³-hybridized carbons (Fsp3) is 0.571. The van der Waals surface area contributed by atoms with Crippen LogP contribution in [0.2, 0.25) is 0 Å². The summed E-state index contributed by atoms with van der Waals surface area (Å²) >= 11 is 0. The normalized spacial score (nSPS) is 29.8. The summed E-state index contributed by atoms with van der Waals surface area (Å²) in [6, 6.07) is 0. The number of hydrogen-bond donors (Lipinski definition) is 4. The molecule has 0 radical (unpaired) electrons. The van der Waals surface area contributed by atoms with Gasteiger partial charge in [-0.3, -0.25) is 9.79 Å². The van der Waals surface area contributed by atoms with Gasteiger partial charge in [-0.25, -0.2) is 4.79 Å². The van der Waals surface area contributed by atoms with E-state index in [-0.39, 0.29) is 18.9 Å². The number of carbonyl (C=O) groups excluding carboxylic acids is 1. The van der Waals surface area contributed by atoms with Crippen molar-refractivity contribution in [3.63, 3.8) is 0 Å². The van der Waals surface area contributed by atoms with E-state index in [0.717, 1.165) is 0 Å². The Bertz CT molecular complexity index is 310. The number of ketones is 1. The molecule has 0 bridgehead atoms. The molecule has 1 fully saturated rings. The quantitative estimate of drug-likeness (QED) is 0.227. The molecule has 0 saturated heterocycles. The van der Waals surface area contributed by atoms with Crippen molar-refractivity contribution in [1.82, 2.24) is 0 Å². The van der Waals surface area contributed by atoms with Crippen LogP contribution in [0.1, 0.15) is 6.42 Å². The van der Waals surface area contributed by atoms with E-state index in [2.05, 4.69) is 4.99 Å². The second-order valence-corrected chi connectivity index (χ2v) is 3.19. The summed E-state index contributed by atoms with van der Waals surface area (Å²) in [7, 11) is 0. The molecule has 0 aliphatic heterocycles. The summed E-state index contributed by atoms with van der Waals surface area (Å²) in [5, 5.41) is 8.63. The Morgan fingerprint density at radius 1 is 1.57 bits per heavy atom. The van der Waals surface area contributed by atoms with E-state index in [9.17, 15) is 9.59 Å². The first-order valence-electron chi connectivity index (χ1n) is 4.02. The minimum absolute atomic E-state index is 0.0870. The molecule has 7 N–H and O–H groups in total. The number of nitrogens with zero attached hydrogens (tertiary/aromatic N) is 1. The van der Waals surface area contributed by atoms with Crippen molar-refractivity contribution in [1.29, 1.82) is 0 Å². The van der Waals surface area contributed by atoms with Crippen LogP contribution >= 0.6 is 0 Å². The molecule has 1 unspecified atom stereocenters. The third-order valence-electron chi connectivity index (χ3n) is 2.26. The Kier molecular flexibility index (Phi) is 2.43. The highest BCUT2D eigenvalue weighted by Gasteiger charge is 2.67. The Morgan fingerprint density at radius 3 is 2.50 bits per heavy atom. The average Bonchev–Trinajstić information content (AvgIpc) is 2.58. The van der Waals surface area contributed by atoms with Crippen molar-refractivity contribution in [2.75, 3.05) is 6.54 Å². The molecule has 2 atom stereocenters. The molecule has 1 aliphatic rings. The standard InChI is InChI=1S/C7H12N4O3/c8-6(9)11-2-1-3-4(12)7(3,10)5(13)14/h3H,1-2,10H2,(H,13,14)(H4,8,9,11)/t3?,7-/m1/s1. The van der Waals surface area contributed by atoms with Gasteiger partial charge in [-0.05, 0) is 6.42 Å². The zero-order valence-electron chi connectivity index (χ0n) is 7.43. The number of hydrogen-bond acceptors (Lipinski definition) is 4. The van der Waals surface area contributed by atoms with E-state index < -0.39 is 23.2 Å². The molecule has 14 heavy (non-hydrogen) atoms. The second kappa shape index (κ2) is 3.26. The molecule has 7 nitrogen and oxygen atoms in total. The molecule has 1 aliphatic carbocycles. The third kappa shape index (κ3) is 1.53. The molecule has 0 spiro atoms. The molecule has 0 amide bonds. The second-order valence-electron chi connectivity index (χ2n) is 3.19. The Labute approximate surface area is 80.0 Å². The minimum atomic E-state index is -1.71. The number of aliphatic carboxylic acids is 1. The Balaban J connectivity index is 2.48. The molecular weight excluding hydrogens is 188 g/mol. The lowest BCUT2D eigenvalue weighted by atomic mass is 10.2. The molecule has 0 aromatic heterocycles. The molecule has 0 heterocycles. The highest BCUT2D eigenvalue weighted by molar-refractivity contribution is 6.23. The van der Waals surface area contributed by atoms with Crippen LogP contribution in [0, 0.1) is 5.92 Å². The summed E-state index contributed by atoms with van der Waals surface area (Å²) in [6.07, 6.45) is 0.263. The van der Waals surface area contributed by atoms with Gasteiger partial charge >= 0.3 is 5.97 Å². The summed E-state index contributed by atoms with van der Waals surface area (Å²) in [4.78, 5) is 25.2. The van der Waals surface area contributed by atoms with Gasteiger partial charge in [0.15, 0.2) is 17.3 Å². The van der Waals surface area contributed by atoms with E-state index in [0.29, 0.717) is 0 Å². The Hall–Kier alpha value is -1.63. The molecular formula is C7H12N4O3. The maximum absolute atomic E-state index is 11.0. The van der Waals surface area contributed by atoms with Crippen molar-refractivity contribution in [3.05, 3.63) is 0 Å². The number of rotatable bonds is 4. The van der Waals surface area contributed by atoms with Crippen LogP contribution in [0.5, 0.6) is 0 Å². The fourth-order valence-corrected chi connectivity index (χ4v) is 1.32. The molecule has 1 saturated carbocycles. The number of carboxylic acid groups (broad SMARTS) is 1. The highest BCUT2D eigenvalue weighted by Crippen LogP contribution is 2.39. The smallest absolute Gasteiger partial charge is 0.332 e. The zero-order chi connectivity index (χ0) is 10.9. The first-order valence-corrected chi connectivity index (χ1v) is 4.02. The van der Waals surface area contributed by atoms with Crippen LogP contribution in [0.25, 0.3) is 0 Å². The van der Waals surface area contributed by atoms with Crippen LogP contribution < -0.4 is 17.2 Å². The number of carboxylic acids is 1. The van der Waals surface area contributed by atoms with Crippen molar-refractivity contribution < 1.29 is 14.7 Å². The number of guanidine groups is 1. The van der Waals surface area contributed by atoms with Gasteiger partial charge in [0.05, 0.1) is 5.92 Å². The van der Waals surface area contributed by atoms with Crippen LogP contribution in [0.4, 0.5) is 0 Å². The summed E-state index contributed by atoms with van der Waals surface area (Å²) in [6.45, 7) is 0.213. The van der Waals surface area contributed by atoms with Gasteiger partial charge in [0.1, 0.15) is 0 Å². The summed E-state index contributed by atoms with van der Waals surface area (Å²) in [5.41, 5.74) is 13.7. The molecule has 7 heteroatoms. The third-order valence-corrected chi connectivity index (χ3v) is 2.26. The highest BCUT2D eigenvalue weighted by atomic mass is 16.4. The molecule has 1 rings (SSSR count). The zero-order valence-corrected chi connectivity index (χ0v) is 7.43. The number of carbonyl (C=O) groups is 2. The Morgan fingerprint density at radius 2 is 2.14 bits per heavy atom. The fourth-order valence-electron chi connectivity index (χ4n) is 1.32. The lowest BCUT2D eigenvalue weighted by Gasteiger charge is -2.00. The summed E-state index contributed by atoms with van der Waals surface area (Å²) < 4.78 is 0. The van der Waals surface area contributed by atoms with Gasteiger partial charge in [-0.2, -0.15) is 0 Å². The molecule has 0 aromatic rings. The first kappa shape index (κ1) is 10.5. The van der Waals surface area contributed by atoms with Gasteiger partial charge in [0.25, 0.3) is 0 Å². The van der Waals surface area contributed by atoms with Crippen LogP contribution in [-0.4, -0.2) is 34.9 Å². The van der Waals surface area contributed by atoms with Gasteiger partial charge in [-0.15, -0.1) is 0 Å².